The smallest absolute Gasteiger partial charge is 0.277 e. The van der Waals surface area contributed by atoms with Crippen LogP contribution in [0.25, 0.3) is 11.5 Å². The number of carbonyl (C=O) groups is 1. The van der Waals surface area contributed by atoms with Crippen LogP contribution in [0.2, 0.25) is 5.02 Å². The zero-order valence-corrected chi connectivity index (χ0v) is 15.8. The van der Waals surface area contributed by atoms with Gasteiger partial charge >= 0.3 is 0 Å². The molecule has 0 spiro atoms. The first-order valence-corrected chi connectivity index (χ1v) is 9.51. The van der Waals surface area contributed by atoms with E-state index in [1.165, 1.54) is 22.9 Å². The van der Waals surface area contributed by atoms with Gasteiger partial charge in [0, 0.05) is 17.1 Å². The van der Waals surface area contributed by atoms with Gasteiger partial charge in [-0.25, -0.2) is 0 Å². The van der Waals surface area contributed by atoms with Crippen molar-refractivity contribution in [3.05, 3.63) is 64.7 Å². The molecule has 0 atom stereocenters. The molecule has 1 heterocycles. The highest BCUT2D eigenvalue weighted by atomic mass is 35.5. The van der Waals surface area contributed by atoms with E-state index < -0.39 is 0 Å². The standard InChI is InChI=1S/C19H18ClN3O2S/c1-13-4-2-3-5-14(13)10-11-21-17(24)12-26-19-23-22-18(25-19)15-6-8-16(20)9-7-15/h2-9H,10-12H2,1H3,(H,21,24). The number of rotatable bonds is 7. The molecule has 3 aromatic rings. The molecule has 1 amide bonds. The molecule has 134 valence electrons. The Morgan fingerprint density at radius 2 is 1.92 bits per heavy atom. The fraction of sp³-hybridized carbons (Fsp3) is 0.211. The first-order valence-electron chi connectivity index (χ1n) is 8.15. The van der Waals surface area contributed by atoms with Crippen LogP contribution in [0.3, 0.4) is 0 Å². The topological polar surface area (TPSA) is 68.0 Å². The maximum atomic E-state index is 12.0. The molecule has 0 radical (unpaired) electrons. The Bertz CT molecular complexity index is 881. The Morgan fingerprint density at radius 1 is 1.15 bits per heavy atom. The van der Waals surface area contributed by atoms with Crippen LogP contribution >= 0.6 is 23.4 Å². The number of aryl methyl sites for hydroxylation is 1. The van der Waals surface area contributed by atoms with Gasteiger partial charge in [-0.1, -0.05) is 47.6 Å². The quantitative estimate of drug-likeness (QED) is 0.617. The predicted molar refractivity (Wildman–Crippen MR) is 103 cm³/mol. The minimum Gasteiger partial charge on any atom is -0.411 e. The number of benzene rings is 2. The van der Waals surface area contributed by atoms with Crippen LogP contribution in [0.15, 0.2) is 58.2 Å². The number of amides is 1. The first-order chi connectivity index (χ1) is 12.6. The summed E-state index contributed by atoms with van der Waals surface area (Å²) in [6.45, 7) is 2.67. The molecule has 3 rings (SSSR count). The van der Waals surface area contributed by atoms with Crippen molar-refractivity contribution in [3.63, 3.8) is 0 Å². The van der Waals surface area contributed by atoms with Crippen molar-refractivity contribution in [2.75, 3.05) is 12.3 Å². The Morgan fingerprint density at radius 3 is 2.69 bits per heavy atom. The summed E-state index contributed by atoms with van der Waals surface area (Å²) in [5.41, 5.74) is 3.26. The molecule has 7 heteroatoms. The summed E-state index contributed by atoms with van der Waals surface area (Å²) in [6.07, 6.45) is 0.810. The van der Waals surface area contributed by atoms with Gasteiger partial charge in [-0.05, 0) is 48.7 Å². The van der Waals surface area contributed by atoms with Gasteiger partial charge in [-0.2, -0.15) is 0 Å². The van der Waals surface area contributed by atoms with Gasteiger partial charge in [0.1, 0.15) is 0 Å². The molecule has 0 saturated heterocycles. The number of hydrogen-bond acceptors (Lipinski definition) is 5. The number of aromatic nitrogens is 2. The Hall–Kier alpha value is -2.31. The Kier molecular flexibility index (Phi) is 6.30. The van der Waals surface area contributed by atoms with E-state index in [0.717, 1.165) is 12.0 Å². The maximum absolute atomic E-state index is 12.0. The first kappa shape index (κ1) is 18.5. The molecule has 26 heavy (non-hydrogen) atoms. The summed E-state index contributed by atoms with van der Waals surface area (Å²) in [4.78, 5) is 12.0. The zero-order chi connectivity index (χ0) is 18.4. The monoisotopic (exact) mass is 387 g/mol. The summed E-state index contributed by atoms with van der Waals surface area (Å²) in [7, 11) is 0. The third-order valence-corrected chi connectivity index (χ3v) is 4.87. The molecular weight excluding hydrogens is 370 g/mol. The molecule has 2 aromatic carbocycles. The lowest BCUT2D eigenvalue weighted by Crippen LogP contribution is -2.27. The lowest BCUT2D eigenvalue weighted by atomic mass is 10.1. The molecule has 0 aliphatic heterocycles. The fourth-order valence-electron chi connectivity index (χ4n) is 2.38. The van der Waals surface area contributed by atoms with Crippen LogP contribution in [-0.2, 0) is 11.2 Å². The zero-order valence-electron chi connectivity index (χ0n) is 14.2. The fourth-order valence-corrected chi connectivity index (χ4v) is 3.10. The molecular formula is C19H18ClN3O2S. The van der Waals surface area contributed by atoms with E-state index in [2.05, 4.69) is 34.6 Å². The third-order valence-electron chi connectivity index (χ3n) is 3.80. The number of hydrogen-bond donors (Lipinski definition) is 1. The van der Waals surface area contributed by atoms with Gasteiger partial charge in [0.2, 0.25) is 11.8 Å². The molecule has 0 unspecified atom stereocenters. The van der Waals surface area contributed by atoms with E-state index in [1.54, 1.807) is 12.1 Å². The highest BCUT2D eigenvalue weighted by Crippen LogP contribution is 2.24. The van der Waals surface area contributed by atoms with E-state index >= 15 is 0 Å². The van der Waals surface area contributed by atoms with Crippen LogP contribution < -0.4 is 5.32 Å². The molecule has 0 aliphatic carbocycles. The van der Waals surface area contributed by atoms with Crippen LogP contribution in [0, 0.1) is 6.92 Å². The molecule has 5 nitrogen and oxygen atoms in total. The molecule has 1 aromatic heterocycles. The summed E-state index contributed by atoms with van der Waals surface area (Å²) >= 11 is 7.08. The summed E-state index contributed by atoms with van der Waals surface area (Å²) < 4.78 is 5.57. The Labute approximate surface area is 161 Å². The van der Waals surface area contributed by atoms with E-state index in [9.17, 15) is 4.79 Å². The molecule has 0 saturated carbocycles. The minimum atomic E-state index is -0.0603. The largest absolute Gasteiger partial charge is 0.411 e. The SMILES string of the molecule is Cc1ccccc1CCNC(=O)CSc1nnc(-c2ccc(Cl)cc2)o1. The van der Waals surface area contributed by atoms with Crippen molar-refractivity contribution in [2.24, 2.45) is 0 Å². The van der Waals surface area contributed by atoms with Crippen LogP contribution in [0.1, 0.15) is 11.1 Å². The lowest BCUT2D eigenvalue weighted by molar-refractivity contribution is -0.118. The number of nitrogens with zero attached hydrogens (tertiary/aromatic N) is 2. The van der Waals surface area contributed by atoms with Crippen molar-refractivity contribution in [1.29, 1.82) is 0 Å². The molecule has 0 fully saturated rings. The van der Waals surface area contributed by atoms with E-state index in [4.69, 9.17) is 16.0 Å². The maximum Gasteiger partial charge on any atom is 0.277 e. The molecule has 1 N–H and O–H groups in total. The van der Waals surface area contributed by atoms with Crippen molar-refractivity contribution in [1.82, 2.24) is 15.5 Å². The van der Waals surface area contributed by atoms with Gasteiger partial charge < -0.3 is 9.73 Å². The highest BCUT2D eigenvalue weighted by Gasteiger charge is 2.11. The van der Waals surface area contributed by atoms with Crippen molar-refractivity contribution in [2.45, 2.75) is 18.6 Å². The molecule has 0 aliphatic rings. The van der Waals surface area contributed by atoms with E-state index in [0.29, 0.717) is 22.7 Å². The minimum absolute atomic E-state index is 0.0603. The van der Waals surface area contributed by atoms with Gasteiger partial charge in [-0.3, -0.25) is 4.79 Å². The second-order valence-corrected chi connectivity index (χ2v) is 7.06. The second kappa shape index (κ2) is 8.87. The predicted octanol–water partition coefficient (Wildman–Crippen LogP) is 4.15. The van der Waals surface area contributed by atoms with Gasteiger partial charge in [-0.15, -0.1) is 10.2 Å². The van der Waals surface area contributed by atoms with Crippen LogP contribution in [-0.4, -0.2) is 28.4 Å². The average molecular weight is 388 g/mol. The molecule has 0 bridgehead atoms. The summed E-state index contributed by atoms with van der Waals surface area (Å²) in [5.74, 6) is 0.578. The van der Waals surface area contributed by atoms with Gasteiger partial charge in [0.25, 0.3) is 5.22 Å². The van der Waals surface area contributed by atoms with Gasteiger partial charge in [0.15, 0.2) is 0 Å². The number of thioether (sulfide) groups is 1. The highest BCUT2D eigenvalue weighted by molar-refractivity contribution is 7.99. The van der Waals surface area contributed by atoms with Gasteiger partial charge in [0.05, 0.1) is 5.75 Å². The van der Waals surface area contributed by atoms with Crippen molar-refractivity contribution in [3.8, 4) is 11.5 Å². The number of halogens is 1. The lowest BCUT2D eigenvalue weighted by Gasteiger charge is -2.06. The second-order valence-electron chi connectivity index (χ2n) is 5.70. The van der Waals surface area contributed by atoms with E-state index in [-0.39, 0.29) is 11.7 Å². The van der Waals surface area contributed by atoms with Crippen molar-refractivity contribution < 1.29 is 9.21 Å². The Balaban J connectivity index is 1.45. The average Bonchev–Trinajstić information content (AvgIpc) is 3.11. The van der Waals surface area contributed by atoms with E-state index in [1.807, 2.05) is 24.3 Å². The third kappa shape index (κ3) is 5.09. The van der Waals surface area contributed by atoms with Crippen LogP contribution in [0.4, 0.5) is 0 Å². The number of carbonyl (C=O) groups excluding carboxylic acids is 1. The van der Waals surface area contributed by atoms with Crippen molar-refractivity contribution >= 4 is 29.3 Å². The van der Waals surface area contributed by atoms with Crippen LogP contribution in [0.5, 0.6) is 0 Å². The normalized spacial score (nSPS) is 10.7. The summed E-state index contributed by atoms with van der Waals surface area (Å²) in [5, 5.41) is 11.9. The summed E-state index contributed by atoms with van der Waals surface area (Å²) in [6, 6.07) is 15.3. The number of nitrogens with one attached hydrogen (secondary N) is 1.